The number of thiazole rings is 1. The summed E-state index contributed by atoms with van der Waals surface area (Å²) >= 11 is 7.00. The third kappa shape index (κ3) is 4.89. The largest absolute Gasteiger partial charge is 0.487 e. The lowest BCUT2D eigenvalue weighted by molar-refractivity contribution is 0.0701. The van der Waals surface area contributed by atoms with Crippen LogP contribution < -0.4 is 14.3 Å². The van der Waals surface area contributed by atoms with Crippen molar-refractivity contribution in [2.45, 2.75) is 50.3 Å². The van der Waals surface area contributed by atoms with Crippen molar-refractivity contribution in [2.75, 3.05) is 0 Å². The third-order valence-electron chi connectivity index (χ3n) is 6.13. The van der Waals surface area contributed by atoms with Gasteiger partial charge in [-0.15, -0.1) is 0 Å². The smallest absolute Gasteiger partial charge is 0.308 e. The fraction of sp³-hybridized carbons (Fsp3) is 0.269. The maximum absolute atomic E-state index is 13.4. The number of fused-ring (bicyclic) bond motifs is 2. The van der Waals surface area contributed by atoms with Crippen LogP contribution >= 0.6 is 22.9 Å². The summed E-state index contributed by atoms with van der Waals surface area (Å²) in [6.07, 6.45) is 0.495. The highest BCUT2D eigenvalue weighted by molar-refractivity contribution is 7.89. The molecular weight excluding hydrogens is 504 g/mol. The maximum Gasteiger partial charge on any atom is 0.308 e. The molecule has 0 amide bonds. The van der Waals surface area contributed by atoms with E-state index in [1.807, 2.05) is 51.1 Å². The molecule has 1 atom stereocenters. The van der Waals surface area contributed by atoms with Crippen LogP contribution in [0.15, 0.2) is 70.4 Å². The van der Waals surface area contributed by atoms with Crippen molar-refractivity contribution in [3.05, 3.63) is 92.0 Å². The van der Waals surface area contributed by atoms with Gasteiger partial charge in [0.05, 0.1) is 27.7 Å². The Balaban J connectivity index is 1.46. The minimum atomic E-state index is -3.85. The lowest BCUT2D eigenvalue weighted by Gasteiger charge is -2.38. The number of sulfonamides is 1. The monoisotopic (exact) mass is 528 g/mol. The van der Waals surface area contributed by atoms with Gasteiger partial charge in [-0.25, -0.2) is 13.1 Å². The van der Waals surface area contributed by atoms with Crippen molar-refractivity contribution in [3.63, 3.8) is 0 Å². The van der Waals surface area contributed by atoms with Gasteiger partial charge in [-0.1, -0.05) is 47.2 Å². The van der Waals surface area contributed by atoms with E-state index in [1.54, 1.807) is 34.9 Å². The number of aryl methyl sites for hydroxylation is 1. The zero-order chi connectivity index (χ0) is 25.0. The first kappa shape index (κ1) is 24.1. The molecule has 0 bridgehead atoms. The molecule has 1 aromatic heterocycles. The van der Waals surface area contributed by atoms with Crippen molar-refractivity contribution >= 4 is 43.2 Å². The average Bonchev–Trinajstić information content (AvgIpc) is 3.08. The first-order valence-corrected chi connectivity index (χ1v) is 13.9. The Morgan fingerprint density at radius 1 is 1.11 bits per heavy atom. The molecule has 0 saturated carbocycles. The number of hydrogen-bond acceptors (Lipinski definition) is 5. The minimum absolute atomic E-state index is 0.128. The summed E-state index contributed by atoms with van der Waals surface area (Å²) in [5, 5.41) is 0.629. The molecular formula is C26H25ClN2O4S2. The summed E-state index contributed by atoms with van der Waals surface area (Å²) < 4.78 is 38.0. The highest BCUT2D eigenvalue weighted by atomic mass is 35.5. The normalized spacial score (nSPS) is 17.2. The second kappa shape index (κ2) is 8.78. The third-order valence-corrected chi connectivity index (χ3v) is 8.79. The SMILES string of the molecule is Cc1ccc2c(c1)OC(C)(C)C[C@@H]2NS(=O)(=O)c1ccc2c(c1)sc(=O)n2Cc1ccc(Cl)cc1. The Morgan fingerprint density at radius 3 is 2.60 bits per heavy atom. The van der Waals surface area contributed by atoms with Crippen LogP contribution in [0.2, 0.25) is 5.02 Å². The molecule has 0 unspecified atom stereocenters. The van der Waals surface area contributed by atoms with E-state index in [9.17, 15) is 13.2 Å². The highest BCUT2D eigenvalue weighted by Gasteiger charge is 2.36. The van der Waals surface area contributed by atoms with Gasteiger partial charge in [0.25, 0.3) is 0 Å². The molecule has 4 aromatic rings. The maximum atomic E-state index is 13.4. The molecule has 2 heterocycles. The molecule has 0 aliphatic carbocycles. The van der Waals surface area contributed by atoms with Gasteiger partial charge < -0.3 is 4.74 Å². The molecule has 1 aliphatic rings. The molecule has 0 saturated heterocycles. The lowest BCUT2D eigenvalue weighted by atomic mass is 9.90. The van der Waals surface area contributed by atoms with E-state index in [4.69, 9.17) is 16.3 Å². The van der Waals surface area contributed by atoms with E-state index in [-0.39, 0.29) is 9.77 Å². The molecule has 182 valence electrons. The number of rotatable bonds is 5. The Labute approximate surface area is 213 Å². The molecule has 35 heavy (non-hydrogen) atoms. The zero-order valence-electron chi connectivity index (χ0n) is 19.5. The van der Waals surface area contributed by atoms with Crippen LogP contribution in [0, 0.1) is 6.92 Å². The zero-order valence-corrected chi connectivity index (χ0v) is 21.9. The van der Waals surface area contributed by atoms with Crippen LogP contribution in [-0.4, -0.2) is 18.6 Å². The Kier molecular flexibility index (Phi) is 6.04. The topological polar surface area (TPSA) is 77.4 Å². The van der Waals surface area contributed by atoms with Crippen LogP contribution in [0.4, 0.5) is 0 Å². The predicted molar refractivity (Wildman–Crippen MR) is 140 cm³/mol. The number of benzene rings is 3. The molecule has 1 N–H and O–H groups in total. The molecule has 9 heteroatoms. The van der Waals surface area contributed by atoms with Gasteiger partial charge in [0.15, 0.2) is 0 Å². The van der Waals surface area contributed by atoms with Crippen LogP contribution in [0.1, 0.15) is 43.0 Å². The Morgan fingerprint density at radius 2 is 1.86 bits per heavy atom. The summed E-state index contributed by atoms with van der Waals surface area (Å²) in [4.78, 5) is 12.7. The second-order valence-corrected chi connectivity index (χ2v) is 12.6. The van der Waals surface area contributed by atoms with Crippen LogP contribution in [0.5, 0.6) is 5.75 Å². The van der Waals surface area contributed by atoms with Crippen LogP contribution in [-0.2, 0) is 16.6 Å². The van der Waals surface area contributed by atoms with Crippen LogP contribution in [0.3, 0.4) is 0 Å². The summed E-state index contributed by atoms with van der Waals surface area (Å²) in [6.45, 7) is 6.26. The summed E-state index contributed by atoms with van der Waals surface area (Å²) in [5.74, 6) is 0.696. The van der Waals surface area contributed by atoms with Gasteiger partial charge in [-0.2, -0.15) is 0 Å². The van der Waals surface area contributed by atoms with Crippen molar-refractivity contribution in [1.29, 1.82) is 0 Å². The molecule has 3 aromatic carbocycles. The number of aromatic nitrogens is 1. The van der Waals surface area contributed by atoms with E-state index in [2.05, 4.69) is 4.72 Å². The summed E-state index contributed by atoms with van der Waals surface area (Å²) in [6, 6.07) is 17.5. The molecule has 0 radical (unpaired) electrons. The standard InChI is InChI=1S/C26H25ClN2O4S2/c1-16-4-10-20-21(14-26(2,3)33-23(20)12-16)28-35(31,32)19-9-11-22-24(13-19)34-25(30)29(22)15-17-5-7-18(27)8-6-17/h4-13,21,28H,14-15H2,1-3H3/t21-/m0/s1. The van der Waals surface area contributed by atoms with E-state index < -0.39 is 21.7 Å². The first-order valence-electron chi connectivity index (χ1n) is 11.2. The van der Waals surface area contributed by atoms with Crippen molar-refractivity contribution < 1.29 is 13.2 Å². The quantitative estimate of drug-likeness (QED) is 0.363. The van der Waals surface area contributed by atoms with E-state index in [0.717, 1.165) is 28.0 Å². The highest BCUT2D eigenvalue weighted by Crippen LogP contribution is 2.40. The Bertz CT molecular complexity index is 1590. The van der Waals surface area contributed by atoms with Crippen molar-refractivity contribution in [1.82, 2.24) is 9.29 Å². The summed E-state index contributed by atoms with van der Waals surface area (Å²) in [5.41, 5.74) is 2.98. The number of ether oxygens (including phenoxy) is 1. The summed E-state index contributed by atoms with van der Waals surface area (Å²) in [7, 11) is -3.85. The number of hydrogen-bond donors (Lipinski definition) is 1. The molecule has 0 fully saturated rings. The van der Waals surface area contributed by atoms with E-state index in [1.165, 1.54) is 0 Å². The van der Waals surface area contributed by atoms with Crippen molar-refractivity contribution in [2.24, 2.45) is 0 Å². The Hall–Kier alpha value is -2.65. The number of nitrogens with zero attached hydrogens (tertiary/aromatic N) is 1. The fourth-order valence-electron chi connectivity index (χ4n) is 4.46. The van der Waals surface area contributed by atoms with E-state index >= 15 is 0 Å². The van der Waals surface area contributed by atoms with Gasteiger partial charge >= 0.3 is 4.87 Å². The van der Waals surface area contributed by atoms with Gasteiger partial charge in [0, 0.05) is 17.0 Å². The van der Waals surface area contributed by atoms with E-state index in [0.29, 0.717) is 34.0 Å². The van der Waals surface area contributed by atoms with Crippen LogP contribution in [0.25, 0.3) is 10.2 Å². The first-order chi connectivity index (χ1) is 16.5. The van der Waals surface area contributed by atoms with Gasteiger partial charge in [-0.3, -0.25) is 9.36 Å². The second-order valence-electron chi connectivity index (χ2n) is 9.49. The van der Waals surface area contributed by atoms with Gasteiger partial charge in [0.1, 0.15) is 11.4 Å². The molecule has 0 spiro atoms. The number of halogens is 1. The molecule has 1 aliphatic heterocycles. The molecule has 5 rings (SSSR count). The van der Waals surface area contributed by atoms with Gasteiger partial charge in [-0.05, 0) is 68.3 Å². The minimum Gasteiger partial charge on any atom is -0.487 e. The lowest BCUT2D eigenvalue weighted by Crippen LogP contribution is -2.41. The van der Waals surface area contributed by atoms with Gasteiger partial charge in [0.2, 0.25) is 10.0 Å². The average molecular weight is 529 g/mol. The number of nitrogens with one attached hydrogen (secondary N) is 1. The van der Waals surface area contributed by atoms with Crippen molar-refractivity contribution in [3.8, 4) is 5.75 Å². The predicted octanol–water partition coefficient (Wildman–Crippen LogP) is 5.65. The fourth-order valence-corrected chi connectivity index (χ4v) is 6.83. The molecule has 6 nitrogen and oxygen atoms in total.